The van der Waals surface area contributed by atoms with Gasteiger partial charge in [-0.3, -0.25) is 0 Å². The third kappa shape index (κ3) is 5.67. The van der Waals surface area contributed by atoms with Crippen LogP contribution in [0, 0.1) is 0 Å². The maximum absolute atomic E-state index is 11.0. The molecule has 0 saturated carbocycles. The van der Waals surface area contributed by atoms with E-state index in [9.17, 15) is 4.79 Å². The van der Waals surface area contributed by atoms with Crippen molar-refractivity contribution in [2.75, 3.05) is 68.2 Å². The zero-order chi connectivity index (χ0) is 29.2. The van der Waals surface area contributed by atoms with Gasteiger partial charge in [0.15, 0.2) is 0 Å². The Hall–Kier alpha value is -4.45. The van der Waals surface area contributed by atoms with Crippen LogP contribution in [0.1, 0.15) is 12.8 Å². The van der Waals surface area contributed by atoms with Crippen molar-refractivity contribution in [3.05, 3.63) is 54.1 Å². The first-order valence-corrected chi connectivity index (χ1v) is 14.3. The van der Waals surface area contributed by atoms with E-state index in [1.807, 2.05) is 40.2 Å². The Kier molecular flexibility index (Phi) is 7.79. The van der Waals surface area contributed by atoms with Crippen molar-refractivity contribution in [1.82, 2.24) is 24.7 Å². The van der Waals surface area contributed by atoms with Crippen LogP contribution in [0.25, 0.3) is 16.9 Å². The second kappa shape index (κ2) is 11.8. The fourth-order valence-corrected chi connectivity index (χ4v) is 5.91. The Bertz CT molecular complexity index is 1570. The van der Waals surface area contributed by atoms with Crippen LogP contribution < -0.4 is 29.5 Å². The molecule has 0 bridgehead atoms. The lowest BCUT2D eigenvalue weighted by Gasteiger charge is -2.37. The molecule has 13 heteroatoms. The number of carboxylic acid groups (broad SMARTS) is 1. The number of hydrogen-bond donors (Lipinski definition) is 2. The first kappa shape index (κ1) is 27.7. The molecular formula is C29H33ClN8O4. The highest BCUT2D eigenvalue weighted by Gasteiger charge is 2.24. The largest absolute Gasteiger partial charge is 0.496 e. The Balaban J connectivity index is 1.11. The molecule has 0 radical (unpaired) electrons. The Morgan fingerprint density at radius 2 is 1.69 bits per heavy atom. The number of fused-ring (bicyclic) bond motifs is 1. The second-order valence-corrected chi connectivity index (χ2v) is 10.8. The molecule has 1 atom stereocenters. The van der Waals surface area contributed by atoms with Crippen LogP contribution in [-0.2, 0) is 0 Å². The summed E-state index contributed by atoms with van der Waals surface area (Å²) in [6, 6.07) is 7.68. The van der Waals surface area contributed by atoms with Gasteiger partial charge in [-0.15, -0.1) is 0 Å². The molecule has 2 aliphatic rings. The Labute approximate surface area is 248 Å². The number of pyridine rings is 1. The average molecular weight is 593 g/mol. The number of nitrogens with one attached hydrogen (secondary N) is 1. The van der Waals surface area contributed by atoms with Gasteiger partial charge in [-0.25, -0.2) is 19.7 Å². The number of amides is 1. The maximum Gasteiger partial charge on any atom is 0.404 e. The van der Waals surface area contributed by atoms with Crippen LogP contribution in [0.4, 0.5) is 22.1 Å². The first-order valence-electron chi connectivity index (χ1n) is 13.9. The Morgan fingerprint density at radius 1 is 0.976 bits per heavy atom. The summed E-state index contributed by atoms with van der Waals surface area (Å²) >= 11 is 6.40. The smallest absolute Gasteiger partial charge is 0.404 e. The molecule has 6 rings (SSSR count). The highest BCUT2D eigenvalue weighted by molar-refractivity contribution is 6.32. The lowest BCUT2D eigenvalue weighted by molar-refractivity contribution is 0.188. The zero-order valence-corrected chi connectivity index (χ0v) is 24.3. The monoisotopic (exact) mass is 592 g/mol. The number of anilines is 3. The minimum absolute atomic E-state index is 0.107. The van der Waals surface area contributed by atoms with Crippen molar-refractivity contribution in [2.24, 2.45) is 0 Å². The predicted octanol–water partition coefficient (Wildman–Crippen LogP) is 4.02. The number of hydrogen-bond acceptors (Lipinski definition) is 9. The molecule has 2 fully saturated rings. The van der Waals surface area contributed by atoms with Gasteiger partial charge in [0.25, 0.3) is 0 Å². The number of nitrogens with zero attached hydrogens (tertiary/aromatic N) is 7. The number of carbonyl (C=O) groups is 1. The number of aromatic nitrogens is 4. The van der Waals surface area contributed by atoms with Crippen LogP contribution in [0.2, 0.25) is 5.02 Å². The van der Waals surface area contributed by atoms with Gasteiger partial charge in [0, 0.05) is 81.1 Å². The summed E-state index contributed by atoms with van der Waals surface area (Å²) < 4.78 is 12.9. The summed E-state index contributed by atoms with van der Waals surface area (Å²) in [6.07, 6.45) is 8.45. The molecule has 1 unspecified atom stereocenters. The highest BCUT2D eigenvalue weighted by atomic mass is 35.5. The SMILES string of the molecule is COc1cc(OC)c(-c2cn3ccc(N4CCN(c5cnc(N6CCCC(NC(=O)O)C6)nc5)CC4)cc3n2)cc1Cl. The number of piperidine rings is 1. The van der Waals surface area contributed by atoms with Gasteiger partial charge in [0.1, 0.15) is 17.1 Å². The molecule has 2 N–H and O–H groups in total. The van der Waals surface area contributed by atoms with Gasteiger partial charge < -0.3 is 39.0 Å². The summed E-state index contributed by atoms with van der Waals surface area (Å²) in [5.41, 5.74) is 4.49. The van der Waals surface area contributed by atoms with E-state index in [-0.39, 0.29) is 6.04 Å². The average Bonchev–Trinajstić information content (AvgIpc) is 3.44. The summed E-state index contributed by atoms with van der Waals surface area (Å²) in [7, 11) is 3.19. The van der Waals surface area contributed by atoms with E-state index in [0.29, 0.717) is 29.0 Å². The molecule has 12 nitrogen and oxygen atoms in total. The molecule has 3 aromatic heterocycles. The van der Waals surface area contributed by atoms with E-state index in [2.05, 4.69) is 37.2 Å². The van der Waals surface area contributed by atoms with Crippen molar-refractivity contribution in [1.29, 1.82) is 0 Å². The van der Waals surface area contributed by atoms with Crippen molar-refractivity contribution >= 4 is 40.7 Å². The van der Waals surface area contributed by atoms with Crippen LogP contribution in [0.15, 0.2) is 49.1 Å². The summed E-state index contributed by atoms with van der Waals surface area (Å²) in [4.78, 5) is 31.8. The summed E-state index contributed by atoms with van der Waals surface area (Å²) in [5, 5.41) is 12.1. The number of piperazine rings is 1. The quantitative estimate of drug-likeness (QED) is 0.325. The molecule has 4 aromatic rings. The minimum Gasteiger partial charge on any atom is -0.496 e. The number of rotatable bonds is 7. The van der Waals surface area contributed by atoms with E-state index in [1.165, 1.54) is 0 Å². The first-order chi connectivity index (χ1) is 20.4. The van der Waals surface area contributed by atoms with Crippen LogP contribution >= 0.6 is 11.6 Å². The van der Waals surface area contributed by atoms with Gasteiger partial charge in [0.05, 0.1) is 43.0 Å². The van der Waals surface area contributed by atoms with Crippen molar-refractivity contribution in [2.45, 2.75) is 18.9 Å². The fraction of sp³-hybridized carbons (Fsp3) is 0.379. The van der Waals surface area contributed by atoms with Gasteiger partial charge in [0.2, 0.25) is 5.95 Å². The predicted molar refractivity (Wildman–Crippen MR) is 162 cm³/mol. The molecule has 0 aliphatic carbocycles. The lowest BCUT2D eigenvalue weighted by atomic mass is 10.1. The lowest BCUT2D eigenvalue weighted by Crippen LogP contribution is -2.48. The normalized spacial score (nSPS) is 17.4. The van der Waals surface area contributed by atoms with E-state index in [0.717, 1.165) is 73.8 Å². The standard InChI is InChI=1S/C29H33ClN8O4/c1-41-25-14-26(42-2)23(30)13-22(25)24-18-37-7-5-20(12-27(37)34-24)35-8-10-36(11-9-35)21-15-31-28(32-16-21)38-6-3-4-19(17-38)33-29(39)40/h5,7,12-16,18-19,33H,3-4,6,8-11,17H2,1-2H3,(H,39,40). The summed E-state index contributed by atoms with van der Waals surface area (Å²) in [5.74, 6) is 1.83. The summed E-state index contributed by atoms with van der Waals surface area (Å²) in [6.45, 7) is 4.77. The molecule has 1 aromatic carbocycles. The van der Waals surface area contributed by atoms with E-state index >= 15 is 0 Å². The van der Waals surface area contributed by atoms with E-state index in [1.54, 1.807) is 20.3 Å². The van der Waals surface area contributed by atoms with E-state index in [4.69, 9.17) is 31.2 Å². The molecule has 0 spiro atoms. The van der Waals surface area contributed by atoms with Gasteiger partial charge in [-0.1, -0.05) is 11.6 Å². The highest BCUT2D eigenvalue weighted by Crippen LogP contribution is 2.38. The Morgan fingerprint density at radius 3 is 2.38 bits per heavy atom. The molecule has 2 saturated heterocycles. The minimum atomic E-state index is -0.994. The number of methoxy groups -OCH3 is 2. The van der Waals surface area contributed by atoms with Crippen LogP contribution in [0.3, 0.4) is 0 Å². The van der Waals surface area contributed by atoms with Gasteiger partial charge >= 0.3 is 6.09 Å². The number of ether oxygens (including phenoxy) is 2. The molecule has 2 aliphatic heterocycles. The fourth-order valence-electron chi connectivity index (χ4n) is 5.67. The van der Waals surface area contributed by atoms with Crippen LogP contribution in [-0.4, -0.2) is 90.1 Å². The molecule has 1 amide bonds. The number of imidazole rings is 1. The third-order valence-electron chi connectivity index (χ3n) is 7.86. The number of halogens is 1. The molecule has 220 valence electrons. The maximum atomic E-state index is 11.0. The van der Waals surface area contributed by atoms with Crippen molar-refractivity contribution in [3.8, 4) is 22.8 Å². The van der Waals surface area contributed by atoms with Gasteiger partial charge in [-0.2, -0.15) is 0 Å². The zero-order valence-electron chi connectivity index (χ0n) is 23.5. The molecule has 42 heavy (non-hydrogen) atoms. The van der Waals surface area contributed by atoms with Crippen LogP contribution in [0.5, 0.6) is 11.5 Å². The van der Waals surface area contributed by atoms with Crippen molar-refractivity contribution < 1.29 is 19.4 Å². The number of benzene rings is 1. The second-order valence-electron chi connectivity index (χ2n) is 10.4. The topological polar surface area (TPSA) is 121 Å². The third-order valence-corrected chi connectivity index (χ3v) is 8.16. The molecule has 5 heterocycles. The van der Waals surface area contributed by atoms with Crippen molar-refractivity contribution in [3.63, 3.8) is 0 Å². The van der Waals surface area contributed by atoms with Gasteiger partial charge in [-0.05, 0) is 25.0 Å². The molecular weight excluding hydrogens is 560 g/mol. The van der Waals surface area contributed by atoms with E-state index < -0.39 is 6.09 Å².